The molecule has 0 bridgehead atoms. The van der Waals surface area contributed by atoms with Crippen LogP contribution in [-0.2, 0) is 22.5 Å². The smallest absolute Gasteiger partial charge is 0.356 e. The number of anilines is 1. The van der Waals surface area contributed by atoms with Crippen LogP contribution in [0.4, 0.5) is 5.69 Å². The monoisotopic (exact) mass is 424 g/mol. The van der Waals surface area contributed by atoms with E-state index in [1.807, 2.05) is 12.1 Å². The number of carbonyl (C=O) groups is 2. The topological polar surface area (TPSA) is 94.1 Å². The Kier molecular flexibility index (Phi) is 5.81. The van der Waals surface area contributed by atoms with E-state index in [-0.39, 0.29) is 11.6 Å². The van der Waals surface area contributed by atoms with E-state index in [1.165, 1.54) is 37.4 Å². The second-order valence-electron chi connectivity index (χ2n) is 7.54. The number of aromatic nitrogens is 1. The van der Waals surface area contributed by atoms with Gasteiger partial charge in [-0.3, -0.25) is 4.79 Å². The highest BCUT2D eigenvalue weighted by molar-refractivity contribution is 6.11. The number of rotatable bonds is 6. The fraction of sp³-hybridized carbons (Fsp3) is 0.304. The van der Waals surface area contributed by atoms with Gasteiger partial charge in [0.2, 0.25) is 0 Å². The molecule has 4 rings (SSSR count). The maximum absolute atomic E-state index is 12.9. The molecule has 3 aromatic rings. The third-order valence-corrected chi connectivity index (χ3v) is 5.67. The van der Waals surface area contributed by atoms with Gasteiger partial charge in [0, 0.05) is 23.4 Å². The molecule has 2 aromatic carbocycles. The third-order valence-electron chi connectivity index (χ3n) is 5.67. The zero-order chi connectivity index (χ0) is 22.0. The summed E-state index contributed by atoms with van der Waals surface area (Å²) in [5, 5.41) is 3.56. The summed E-state index contributed by atoms with van der Waals surface area (Å²) in [6.45, 7) is 1.98. The van der Waals surface area contributed by atoms with Gasteiger partial charge < -0.3 is 29.4 Å². The molecule has 0 saturated heterocycles. The van der Waals surface area contributed by atoms with Crippen molar-refractivity contribution in [3.05, 3.63) is 53.2 Å². The molecule has 2 heterocycles. The lowest BCUT2D eigenvalue weighted by molar-refractivity contribution is -0.907. The van der Waals surface area contributed by atoms with Crippen LogP contribution in [0.3, 0.4) is 0 Å². The number of hydrogen-bond acceptors (Lipinski definition) is 5. The zero-order valence-corrected chi connectivity index (χ0v) is 17.8. The summed E-state index contributed by atoms with van der Waals surface area (Å²) in [4.78, 5) is 29.5. The third kappa shape index (κ3) is 4.06. The first-order chi connectivity index (χ1) is 15.0. The average molecular weight is 424 g/mol. The second kappa shape index (κ2) is 8.69. The lowest BCUT2D eigenvalue weighted by Gasteiger charge is -2.25. The highest BCUT2D eigenvalue weighted by atomic mass is 16.5. The Morgan fingerprint density at radius 3 is 2.48 bits per heavy atom. The maximum atomic E-state index is 12.9. The maximum Gasteiger partial charge on any atom is 0.356 e. The molecule has 8 nitrogen and oxygen atoms in total. The molecule has 0 aliphatic carbocycles. The molecule has 1 atom stereocenters. The number of benzene rings is 2. The Morgan fingerprint density at radius 2 is 1.77 bits per heavy atom. The molecule has 3 N–H and O–H groups in total. The van der Waals surface area contributed by atoms with Gasteiger partial charge in [-0.15, -0.1) is 0 Å². The van der Waals surface area contributed by atoms with Crippen molar-refractivity contribution < 1.29 is 28.7 Å². The van der Waals surface area contributed by atoms with Gasteiger partial charge >= 0.3 is 5.97 Å². The van der Waals surface area contributed by atoms with E-state index in [1.54, 1.807) is 12.1 Å². The fourth-order valence-electron chi connectivity index (χ4n) is 4.11. The average Bonchev–Trinajstić information content (AvgIpc) is 3.14. The van der Waals surface area contributed by atoms with E-state index >= 15 is 0 Å². The van der Waals surface area contributed by atoms with Crippen LogP contribution < -0.4 is 19.7 Å². The van der Waals surface area contributed by atoms with Crippen molar-refractivity contribution >= 4 is 28.5 Å². The van der Waals surface area contributed by atoms with E-state index in [4.69, 9.17) is 14.2 Å². The molecule has 1 aliphatic heterocycles. The number of hydrogen-bond donors (Lipinski definition) is 3. The molecule has 0 spiro atoms. The fourth-order valence-corrected chi connectivity index (χ4v) is 4.11. The van der Waals surface area contributed by atoms with Crippen molar-refractivity contribution in [3.8, 4) is 11.5 Å². The Balaban J connectivity index is 1.60. The number of nitrogens with one attached hydrogen (secondary N) is 3. The molecule has 1 amide bonds. The molecule has 1 unspecified atom stereocenters. The van der Waals surface area contributed by atoms with Gasteiger partial charge in [0.05, 0.1) is 39.1 Å². The van der Waals surface area contributed by atoms with E-state index in [9.17, 15) is 9.59 Å². The highest BCUT2D eigenvalue weighted by Gasteiger charge is 2.25. The van der Waals surface area contributed by atoms with Crippen molar-refractivity contribution in [3.63, 3.8) is 0 Å². The number of aromatic amines is 1. The summed E-state index contributed by atoms with van der Waals surface area (Å²) in [6.07, 6.45) is 0.941. The van der Waals surface area contributed by atoms with Gasteiger partial charge in [0.15, 0.2) is 18.0 Å². The standard InChI is InChI=1S/C23H25N3O5/c1-29-18-10-16-17(11-19(18)30-2)24-22(23(28)31-3)21(16)25-20(27)13-26-9-8-14-6-4-5-7-15(14)12-26/h4-7,10-11,24H,8-9,12-13H2,1-3H3,(H,25,27)/p+1. The minimum atomic E-state index is -0.566. The molecule has 0 saturated carbocycles. The molecule has 8 heteroatoms. The SMILES string of the molecule is COC(=O)c1[nH]c2cc(OC)c(OC)cc2c1NC(=O)C[NH+]1CCc2ccccc2C1. The minimum Gasteiger partial charge on any atom is -0.493 e. The molecular weight excluding hydrogens is 398 g/mol. The highest BCUT2D eigenvalue weighted by Crippen LogP contribution is 2.37. The Hall–Kier alpha value is -3.52. The van der Waals surface area contributed by atoms with Crippen LogP contribution in [0.2, 0.25) is 0 Å². The van der Waals surface area contributed by atoms with Crippen LogP contribution >= 0.6 is 0 Å². The molecule has 1 aliphatic rings. The summed E-state index contributed by atoms with van der Waals surface area (Å²) in [5.41, 5.74) is 3.81. The second-order valence-corrected chi connectivity index (χ2v) is 7.54. The van der Waals surface area contributed by atoms with E-state index < -0.39 is 5.97 Å². The van der Waals surface area contributed by atoms with E-state index in [0.717, 1.165) is 19.5 Å². The van der Waals surface area contributed by atoms with Crippen LogP contribution in [0.15, 0.2) is 36.4 Å². The van der Waals surface area contributed by atoms with Crippen molar-refractivity contribution in [1.29, 1.82) is 0 Å². The van der Waals surface area contributed by atoms with E-state index in [0.29, 0.717) is 34.6 Å². The van der Waals surface area contributed by atoms with E-state index in [2.05, 4.69) is 22.4 Å². The minimum absolute atomic E-state index is 0.171. The number of amides is 1. The molecule has 1 aromatic heterocycles. The number of quaternary nitrogens is 1. The number of fused-ring (bicyclic) bond motifs is 2. The molecule has 0 radical (unpaired) electrons. The predicted molar refractivity (Wildman–Crippen MR) is 116 cm³/mol. The van der Waals surface area contributed by atoms with Crippen molar-refractivity contribution in [2.75, 3.05) is 39.7 Å². The largest absolute Gasteiger partial charge is 0.493 e. The van der Waals surface area contributed by atoms with Crippen LogP contribution in [0.5, 0.6) is 11.5 Å². The lowest BCUT2D eigenvalue weighted by atomic mass is 10.00. The van der Waals surface area contributed by atoms with Crippen LogP contribution in [0.1, 0.15) is 21.6 Å². The number of esters is 1. The number of methoxy groups -OCH3 is 3. The van der Waals surface area contributed by atoms with Gasteiger partial charge in [-0.1, -0.05) is 24.3 Å². The number of H-pyrrole nitrogens is 1. The first-order valence-electron chi connectivity index (χ1n) is 10.1. The lowest BCUT2D eigenvalue weighted by Crippen LogP contribution is -3.12. The molecule has 0 fully saturated rings. The quantitative estimate of drug-likeness (QED) is 0.522. The van der Waals surface area contributed by atoms with Gasteiger partial charge in [-0.2, -0.15) is 0 Å². The molecular formula is C23H26N3O5+. The summed E-state index contributed by atoms with van der Waals surface area (Å²) < 4.78 is 15.6. The van der Waals surface area contributed by atoms with Crippen molar-refractivity contribution in [1.82, 2.24) is 4.98 Å². The normalized spacial score (nSPS) is 15.3. The summed E-state index contributed by atoms with van der Waals surface area (Å²) in [7, 11) is 4.37. The van der Waals surface area contributed by atoms with Crippen LogP contribution in [0, 0.1) is 0 Å². The first kappa shape index (κ1) is 20.7. The van der Waals surface area contributed by atoms with Crippen LogP contribution in [0.25, 0.3) is 10.9 Å². The molecule has 31 heavy (non-hydrogen) atoms. The summed E-state index contributed by atoms with van der Waals surface area (Å²) in [5.74, 6) is 0.278. The number of ether oxygens (including phenoxy) is 3. The zero-order valence-electron chi connectivity index (χ0n) is 17.8. The summed E-state index contributed by atoms with van der Waals surface area (Å²) in [6, 6.07) is 11.8. The van der Waals surface area contributed by atoms with Gasteiger partial charge in [0.1, 0.15) is 12.2 Å². The van der Waals surface area contributed by atoms with Crippen molar-refractivity contribution in [2.45, 2.75) is 13.0 Å². The summed E-state index contributed by atoms with van der Waals surface area (Å²) >= 11 is 0. The van der Waals surface area contributed by atoms with Gasteiger partial charge in [-0.05, 0) is 11.6 Å². The Morgan fingerprint density at radius 1 is 1.06 bits per heavy atom. The Bertz CT molecular complexity index is 1140. The Labute approximate surface area is 180 Å². The first-order valence-corrected chi connectivity index (χ1v) is 10.1. The van der Waals surface area contributed by atoms with Crippen LogP contribution in [-0.4, -0.2) is 51.3 Å². The number of carbonyl (C=O) groups excluding carboxylic acids is 2. The van der Waals surface area contributed by atoms with Gasteiger partial charge in [-0.25, -0.2) is 4.79 Å². The predicted octanol–water partition coefficient (Wildman–Crippen LogP) is 1.55. The van der Waals surface area contributed by atoms with Gasteiger partial charge in [0.25, 0.3) is 5.91 Å². The van der Waals surface area contributed by atoms with Crippen molar-refractivity contribution in [2.24, 2.45) is 0 Å². The molecule has 162 valence electrons.